The van der Waals surface area contributed by atoms with Crippen LogP contribution in [0.4, 0.5) is 0 Å². The van der Waals surface area contributed by atoms with E-state index in [4.69, 9.17) is 17.5 Å². The number of unbranched alkanes of at least 4 members (excludes halogenated alkanes) is 3. The van der Waals surface area contributed by atoms with E-state index in [-0.39, 0.29) is 0 Å². The van der Waals surface area contributed by atoms with Crippen LogP contribution in [0.3, 0.4) is 0 Å². The normalized spacial score (nSPS) is 12.0. The van der Waals surface area contributed by atoms with Crippen LogP contribution in [0, 0.1) is 6.92 Å². The second-order valence-electron chi connectivity index (χ2n) is 8.65. The van der Waals surface area contributed by atoms with Crippen molar-refractivity contribution in [2.75, 3.05) is 0 Å². The molecule has 0 atom stereocenters. The maximum Gasteiger partial charge on any atom is 0.114 e. The highest BCUT2D eigenvalue weighted by Gasteiger charge is 2.21. The molecule has 0 aliphatic heterocycles. The number of nitrogens with zero attached hydrogens (tertiary/aromatic N) is 4. The molecule has 0 fully saturated rings. The number of hydrogen-bond acceptors (Lipinski definition) is 8. The predicted molar refractivity (Wildman–Crippen MR) is 161 cm³/mol. The van der Waals surface area contributed by atoms with Crippen LogP contribution in [-0.4, -0.2) is 17.5 Å². The molecule has 0 spiro atoms. The molecule has 6 aromatic rings. The van der Waals surface area contributed by atoms with E-state index in [0.29, 0.717) is 0 Å². The third-order valence-electron chi connectivity index (χ3n) is 6.31. The Hall–Kier alpha value is -1.30. The number of aryl methyl sites for hydroxylation is 2. The quantitative estimate of drug-likeness (QED) is 0.160. The summed E-state index contributed by atoms with van der Waals surface area (Å²) in [5.41, 5.74) is 8.65. The van der Waals surface area contributed by atoms with Crippen molar-refractivity contribution in [1.29, 1.82) is 0 Å². The molecule has 2 aromatic carbocycles. The van der Waals surface area contributed by atoms with Gasteiger partial charge in [0.1, 0.15) is 22.1 Å². The molecule has 0 amide bonds. The molecule has 35 heavy (non-hydrogen) atoms. The molecule has 0 saturated carbocycles. The third kappa shape index (κ3) is 4.30. The number of fused-ring (bicyclic) bond motifs is 5. The third-order valence-corrected chi connectivity index (χ3v) is 11.5. The Morgan fingerprint density at radius 1 is 0.686 bits per heavy atom. The summed E-state index contributed by atoms with van der Waals surface area (Å²) in [4.78, 5) is 2.41. The van der Waals surface area contributed by atoms with Crippen LogP contribution in [0.25, 0.3) is 53.7 Å². The molecule has 0 aliphatic rings. The van der Waals surface area contributed by atoms with Crippen molar-refractivity contribution in [1.82, 2.24) is 17.5 Å². The molecule has 6 rings (SSSR count). The summed E-state index contributed by atoms with van der Waals surface area (Å²) >= 11 is 13.6. The van der Waals surface area contributed by atoms with Gasteiger partial charge in [0.25, 0.3) is 0 Å². The highest BCUT2D eigenvalue weighted by atomic mass is 79.9. The van der Waals surface area contributed by atoms with Crippen LogP contribution in [0.1, 0.15) is 43.7 Å². The van der Waals surface area contributed by atoms with Gasteiger partial charge in [-0.15, -0.1) is 22.7 Å². The minimum atomic E-state index is 0.941. The fourth-order valence-corrected chi connectivity index (χ4v) is 8.96. The molecule has 0 saturated heterocycles. The lowest BCUT2D eigenvalue weighted by atomic mass is 9.98. The molecule has 0 bridgehead atoms. The first kappa shape index (κ1) is 24.1. The van der Waals surface area contributed by atoms with E-state index >= 15 is 0 Å². The zero-order chi connectivity index (χ0) is 24.1. The van der Waals surface area contributed by atoms with Crippen molar-refractivity contribution in [3.63, 3.8) is 0 Å². The first-order chi connectivity index (χ1) is 17.0. The van der Waals surface area contributed by atoms with E-state index < -0.39 is 0 Å². The number of benzene rings is 2. The number of aromatic nitrogens is 4. The van der Waals surface area contributed by atoms with Crippen LogP contribution >= 0.6 is 78.0 Å². The maximum atomic E-state index is 4.75. The average molecular weight is 665 g/mol. The van der Waals surface area contributed by atoms with Gasteiger partial charge in [-0.2, -0.15) is 17.5 Å². The van der Waals surface area contributed by atoms with Gasteiger partial charge in [0.15, 0.2) is 0 Å². The Morgan fingerprint density at radius 2 is 1.26 bits per heavy atom. The molecule has 10 heteroatoms. The molecular formula is C25H20Br2N4S4. The molecule has 4 heterocycles. The van der Waals surface area contributed by atoms with Gasteiger partial charge in [-0.05, 0) is 87.0 Å². The Kier molecular flexibility index (Phi) is 6.79. The molecule has 0 aliphatic carbocycles. The van der Waals surface area contributed by atoms with Gasteiger partial charge in [0.05, 0.1) is 31.0 Å². The van der Waals surface area contributed by atoms with Crippen molar-refractivity contribution in [3.8, 4) is 20.9 Å². The second-order valence-corrected chi connectivity index (χ2v) is 14.5. The van der Waals surface area contributed by atoms with Crippen LogP contribution in [0.15, 0.2) is 31.8 Å². The molecule has 0 radical (unpaired) electrons. The minimum Gasteiger partial charge on any atom is -0.172 e. The molecule has 0 unspecified atom stereocenters. The molecule has 0 N–H and O–H groups in total. The van der Waals surface area contributed by atoms with Crippen molar-refractivity contribution >= 4 is 111 Å². The lowest BCUT2D eigenvalue weighted by molar-refractivity contribution is 0.667. The van der Waals surface area contributed by atoms with Gasteiger partial charge in [-0.3, -0.25) is 0 Å². The first-order valence-electron chi connectivity index (χ1n) is 11.4. The zero-order valence-corrected chi connectivity index (χ0v) is 25.5. The highest BCUT2D eigenvalue weighted by Crippen LogP contribution is 2.45. The molecule has 4 aromatic heterocycles. The predicted octanol–water partition coefficient (Wildman–Crippen LogP) is 10.3. The average Bonchev–Trinajstić information content (AvgIpc) is 3.64. The lowest BCUT2D eigenvalue weighted by Crippen LogP contribution is -1.87. The smallest absolute Gasteiger partial charge is 0.114 e. The van der Waals surface area contributed by atoms with Crippen molar-refractivity contribution in [2.45, 2.75) is 46.0 Å². The van der Waals surface area contributed by atoms with Crippen molar-refractivity contribution in [3.05, 3.63) is 43.0 Å². The fourth-order valence-electron chi connectivity index (χ4n) is 4.48. The fraction of sp³-hybridized carbons (Fsp3) is 0.280. The first-order valence-corrected chi connectivity index (χ1v) is 16.1. The van der Waals surface area contributed by atoms with Gasteiger partial charge in [0.2, 0.25) is 0 Å². The Morgan fingerprint density at radius 3 is 1.83 bits per heavy atom. The van der Waals surface area contributed by atoms with Gasteiger partial charge in [0, 0.05) is 31.7 Å². The molecule has 4 nitrogen and oxygen atoms in total. The van der Waals surface area contributed by atoms with Crippen LogP contribution in [-0.2, 0) is 6.42 Å². The van der Waals surface area contributed by atoms with Crippen molar-refractivity contribution in [2.24, 2.45) is 0 Å². The Bertz CT molecular complexity index is 1680. The number of halogens is 2. The summed E-state index contributed by atoms with van der Waals surface area (Å²) in [6.45, 7) is 4.37. The SMILES string of the molecule is CCCCCCc1cc(-c2cc3c(cc(-c4cc(C)c(Br)s4)c4nsnc43)c3nsnc23)sc1Br. The van der Waals surface area contributed by atoms with Crippen molar-refractivity contribution < 1.29 is 0 Å². The van der Waals surface area contributed by atoms with E-state index in [9.17, 15) is 0 Å². The summed E-state index contributed by atoms with van der Waals surface area (Å²) in [7, 11) is 0. The van der Waals surface area contributed by atoms with E-state index in [1.807, 2.05) is 0 Å². The lowest BCUT2D eigenvalue weighted by Gasteiger charge is -2.07. The summed E-state index contributed by atoms with van der Waals surface area (Å²) in [6.07, 6.45) is 6.16. The second kappa shape index (κ2) is 9.87. The summed E-state index contributed by atoms with van der Waals surface area (Å²) in [6, 6.07) is 9.03. The number of hydrogen-bond donors (Lipinski definition) is 0. The standard InChI is InChI=1S/C25H20Br2N4S4/c1-3-4-5-6-7-13-9-19(33-25(13)27)17-11-15-14(21-23(17)31-35-29-21)10-16(22-20(15)28-34-30-22)18-8-12(2)24(26)32-18/h8-11H,3-7H2,1-2H3. The largest absolute Gasteiger partial charge is 0.172 e. The Labute approximate surface area is 236 Å². The monoisotopic (exact) mass is 662 g/mol. The maximum absolute atomic E-state index is 4.75. The van der Waals surface area contributed by atoms with Crippen LogP contribution in [0.2, 0.25) is 0 Å². The van der Waals surface area contributed by atoms with Crippen LogP contribution in [0.5, 0.6) is 0 Å². The van der Waals surface area contributed by atoms with Gasteiger partial charge in [-0.1, -0.05) is 26.2 Å². The van der Waals surface area contributed by atoms with Gasteiger partial charge in [-0.25, -0.2) is 0 Å². The van der Waals surface area contributed by atoms with E-state index in [1.54, 1.807) is 22.7 Å². The molecule has 178 valence electrons. The van der Waals surface area contributed by atoms with E-state index in [1.165, 1.54) is 73.8 Å². The van der Waals surface area contributed by atoms with Gasteiger partial charge < -0.3 is 0 Å². The summed E-state index contributed by atoms with van der Waals surface area (Å²) in [5, 5.41) is 2.18. The number of thiophene rings is 2. The minimum absolute atomic E-state index is 0.941. The highest BCUT2D eigenvalue weighted by molar-refractivity contribution is 9.11. The summed E-state index contributed by atoms with van der Waals surface area (Å²) in [5.74, 6) is 0. The van der Waals surface area contributed by atoms with E-state index in [0.717, 1.165) is 54.2 Å². The van der Waals surface area contributed by atoms with Gasteiger partial charge >= 0.3 is 0 Å². The Balaban J connectivity index is 1.53. The summed E-state index contributed by atoms with van der Waals surface area (Å²) < 4.78 is 21.3. The number of rotatable bonds is 7. The van der Waals surface area contributed by atoms with E-state index in [2.05, 4.69) is 70.0 Å². The van der Waals surface area contributed by atoms with Crippen LogP contribution < -0.4 is 0 Å². The molecular weight excluding hydrogens is 644 g/mol. The zero-order valence-electron chi connectivity index (χ0n) is 19.0. The topological polar surface area (TPSA) is 51.6 Å².